The first-order valence-corrected chi connectivity index (χ1v) is 8.72. The highest BCUT2D eigenvalue weighted by Gasteiger charge is 2.01. The molecule has 0 saturated carbocycles. The first-order chi connectivity index (χ1) is 10.3. The molecule has 0 aliphatic carbocycles. The summed E-state index contributed by atoms with van der Waals surface area (Å²) in [6, 6.07) is 0. The van der Waals surface area contributed by atoms with Gasteiger partial charge in [-0.1, -0.05) is 57.6 Å². The van der Waals surface area contributed by atoms with E-state index in [-0.39, 0.29) is 19.2 Å². The molecule has 0 aromatic heterocycles. The van der Waals surface area contributed by atoms with Gasteiger partial charge in [-0.05, 0) is 32.1 Å². The molecule has 0 fully saturated rings. The number of esters is 1. The fourth-order valence-corrected chi connectivity index (χ4v) is 2.22. The second kappa shape index (κ2) is 17.2. The van der Waals surface area contributed by atoms with Crippen molar-refractivity contribution in [3.8, 4) is 0 Å². The molecule has 0 atom stereocenters. The maximum absolute atomic E-state index is 11.2. The predicted molar refractivity (Wildman–Crippen MR) is 88.3 cm³/mol. The Morgan fingerprint density at radius 2 is 1.48 bits per heavy atom. The van der Waals surface area contributed by atoms with Crippen molar-refractivity contribution in [3.63, 3.8) is 0 Å². The molecule has 0 aliphatic rings. The van der Waals surface area contributed by atoms with Gasteiger partial charge < -0.3 is 9.84 Å². The average Bonchev–Trinajstić information content (AvgIpc) is 2.49. The Bertz CT molecular complexity index is 249. The van der Waals surface area contributed by atoms with Crippen LogP contribution in [0, 0.1) is 0 Å². The van der Waals surface area contributed by atoms with Crippen molar-refractivity contribution in [1.82, 2.24) is 0 Å². The van der Waals surface area contributed by atoms with Crippen molar-refractivity contribution in [2.75, 3.05) is 13.2 Å². The first kappa shape index (κ1) is 20.2. The molecular formula is C18H34O3. The van der Waals surface area contributed by atoms with Crippen LogP contribution in [0.2, 0.25) is 0 Å². The van der Waals surface area contributed by atoms with Gasteiger partial charge in [0.25, 0.3) is 0 Å². The van der Waals surface area contributed by atoms with E-state index in [9.17, 15) is 4.79 Å². The number of allylic oxidation sites excluding steroid dienone is 2. The zero-order chi connectivity index (χ0) is 15.6. The minimum atomic E-state index is -0.185. The normalized spacial score (nSPS) is 11.1. The SMILES string of the molecule is CCCCCCC=CCCCCCCCC(=O)OCCO. The van der Waals surface area contributed by atoms with Crippen LogP contribution in [0.1, 0.15) is 84.0 Å². The van der Waals surface area contributed by atoms with Gasteiger partial charge in [0.15, 0.2) is 0 Å². The lowest BCUT2D eigenvalue weighted by molar-refractivity contribution is -0.144. The molecule has 0 saturated heterocycles. The summed E-state index contributed by atoms with van der Waals surface area (Å²) in [5, 5.41) is 8.52. The minimum Gasteiger partial charge on any atom is -0.463 e. The fourth-order valence-electron chi connectivity index (χ4n) is 2.22. The molecule has 3 heteroatoms. The summed E-state index contributed by atoms with van der Waals surface area (Å²) in [5.74, 6) is -0.185. The third-order valence-electron chi connectivity index (χ3n) is 3.50. The molecule has 0 spiro atoms. The molecule has 0 aromatic rings. The van der Waals surface area contributed by atoms with Crippen LogP contribution in [0.25, 0.3) is 0 Å². The van der Waals surface area contributed by atoms with Crippen molar-refractivity contribution < 1.29 is 14.6 Å². The van der Waals surface area contributed by atoms with E-state index in [2.05, 4.69) is 19.1 Å². The summed E-state index contributed by atoms with van der Waals surface area (Å²) in [5.41, 5.74) is 0. The number of ether oxygens (including phenoxy) is 1. The number of hydrogen-bond acceptors (Lipinski definition) is 3. The van der Waals surface area contributed by atoms with Gasteiger partial charge in [-0.2, -0.15) is 0 Å². The number of aliphatic hydroxyl groups is 1. The molecule has 124 valence electrons. The van der Waals surface area contributed by atoms with Crippen LogP contribution < -0.4 is 0 Å². The van der Waals surface area contributed by atoms with E-state index >= 15 is 0 Å². The van der Waals surface area contributed by atoms with Gasteiger partial charge >= 0.3 is 5.97 Å². The highest BCUT2D eigenvalue weighted by Crippen LogP contribution is 2.09. The van der Waals surface area contributed by atoms with E-state index in [0.717, 1.165) is 12.8 Å². The highest BCUT2D eigenvalue weighted by atomic mass is 16.5. The maximum atomic E-state index is 11.2. The topological polar surface area (TPSA) is 46.5 Å². The smallest absolute Gasteiger partial charge is 0.305 e. The Morgan fingerprint density at radius 3 is 2.10 bits per heavy atom. The van der Waals surface area contributed by atoms with Crippen LogP contribution in [0.4, 0.5) is 0 Å². The van der Waals surface area contributed by atoms with Crippen LogP contribution in [-0.2, 0) is 9.53 Å². The van der Waals surface area contributed by atoms with E-state index in [1.54, 1.807) is 0 Å². The Hall–Kier alpha value is -0.830. The highest BCUT2D eigenvalue weighted by molar-refractivity contribution is 5.69. The number of carbonyl (C=O) groups excluding carboxylic acids is 1. The number of aliphatic hydroxyl groups excluding tert-OH is 1. The first-order valence-electron chi connectivity index (χ1n) is 8.72. The lowest BCUT2D eigenvalue weighted by Gasteiger charge is -2.02. The Balaban J connectivity index is 3.15. The summed E-state index contributed by atoms with van der Waals surface area (Å²) in [6.07, 6.45) is 18.6. The van der Waals surface area contributed by atoms with E-state index in [0.29, 0.717) is 6.42 Å². The third-order valence-corrected chi connectivity index (χ3v) is 3.50. The molecule has 0 amide bonds. The molecule has 0 aromatic carbocycles. The third kappa shape index (κ3) is 17.1. The predicted octanol–water partition coefficient (Wildman–Crippen LogP) is 4.78. The Labute approximate surface area is 130 Å². The average molecular weight is 298 g/mol. The van der Waals surface area contributed by atoms with Crippen molar-refractivity contribution in [3.05, 3.63) is 12.2 Å². The van der Waals surface area contributed by atoms with Crippen LogP contribution in [0.3, 0.4) is 0 Å². The quantitative estimate of drug-likeness (QED) is 0.269. The Morgan fingerprint density at radius 1 is 0.905 bits per heavy atom. The minimum absolute atomic E-state index is 0.0855. The lowest BCUT2D eigenvalue weighted by Crippen LogP contribution is -2.07. The molecule has 1 N–H and O–H groups in total. The second-order valence-corrected chi connectivity index (χ2v) is 5.57. The molecule has 0 heterocycles. The molecule has 0 radical (unpaired) electrons. The van der Waals surface area contributed by atoms with Crippen molar-refractivity contribution in [2.24, 2.45) is 0 Å². The van der Waals surface area contributed by atoms with Gasteiger partial charge in [-0.3, -0.25) is 4.79 Å². The second-order valence-electron chi connectivity index (χ2n) is 5.57. The van der Waals surface area contributed by atoms with Crippen LogP contribution in [-0.4, -0.2) is 24.3 Å². The van der Waals surface area contributed by atoms with Gasteiger partial charge in [-0.15, -0.1) is 0 Å². The lowest BCUT2D eigenvalue weighted by atomic mass is 10.1. The van der Waals surface area contributed by atoms with Gasteiger partial charge in [0, 0.05) is 6.42 Å². The maximum Gasteiger partial charge on any atom is 0.305 e. The fraction of sp³-hybridized carbons (Fsp3) is 0.833. The number of unbranched alkanes of at least 4 members (excludes halogenated alkanes) is 9. The summed E-state index contributed by atoms with van der Waals surface area (Å²) >= 11 is 0. The summed E-state index contributed by atoms with van der Waals surface area (Å²) in [7, 11) is 0. The molecule has 3 nitrogen and oxygen atoms in total. The Kier molecular flexibility index (Phi) is 16.5. The van der Waals surface area contributed by atoms with E-state index in [1.807, 2.05) is 0 Å². The van der Waals surface area contributed by atoms with Gasteiger partial charge in [0.05, 0.1) is 6.61 Å². The van der Waals surface area contributed by atoms with E-state index in [1.165, 1.54) is 57.8 Å². The molecule has 21 heavy (non-hydrogen) atoms. The zero-order valence-electron chi connectivity index (χ0n) is 13.8. The molecule has 0 bridgehead atoms. The van der Waals surface area contributed by atoms with Gasteiger partial charge in [-0.25, -0.2) is 0 Å². The van der Waals surface area contributed by atoms with Crippen molar-refractivity contribution in [2.45, 2.75) is 84.0 Å². The molecule has 0 rings (SSSR count). The standard InChI is InChI=1S/C18H34O3/c1-2-3-4-5-6-7-8-9-10-11-12-13-14-15-18(20)21-17-16-19/h7-8,19H,2-6,9-17H2,1H3. The summed E-state index contributed by atoms with van der Waals surface area (Å²) in [4.78, 5) is 11.2. The zero-order valence-corrected chi connectivity index (χ0v) is 13.8. The van der Waals surface area contributed by atoms with Gasteiger partial charge in [0.2, 0.25) is 0 Å². The van der Waals surface area contributed by atoms with E-state index < -0.39 is 0 Å². The molecular weight excluding hydrogens is 264 g/mol. The van der Waals surface area contributed by atoms with Crippen LogP contribution in [0.5, 0.6) is 0 Å². The van der Waals surface area contributed by atoms with Crippen LogP contribution in [0.15, 0.2) is 12.2 Å². The monoisotopic (exact) mass is 298 g/mol. The summed E-state index contributed by atoms with van der Waals surface area (Å²) in [6.45, 7) is 2.29. The molecule has 0 unspecified atom stereocenters. The number of carbonyl (C=O) groups is 1. The van der Waals surface area contributed by atoms with Gasteiger partial charge in [0.1, 0.15) is 6.61 Å². The van der Waals surface area contributed by atoms with Crippen molar-refractivity contribution >= 4 is 5.97 Å². The summed E-state index contributed by atoms with van der Waals surface area (Å²) < 4.78 is 4.80. The number of rotatable bonds is 15. The largest absolute Gasteiger partial charge is 0.463 e. The number of hydrogen-bond donors (Lipinski definition) is 1. The van der Waals surface area contributed by atoms with Crippen LogP contribution >= 0.6 is 0 Å². The molecule has 0 aliphatic heterocycles. The van der Waals surface area contributed by atoms with Crippen molar-refractivity contribution in [1.29, 1.82) is 0 Å². The van der Waals surface area contributed by atoms with E-state index in [4.69, 9.17) is 9.84 Å².